The van der Waals surface area contributed by atoms with Crippen LogP contribution in [0.3, 0.4) is 0 Å². The lowest BCUT2D eigenvalue weighted by Crippen LogP contribution is -2.27. The predicted octanol–water partition coefficient (Wildman–Crippen LogP) is 4.39. The summed E-state index contributed by atoms with van der Waals surface area (Å²) >= 11 is 0. The van der Waals surface area contributed by atoms with E-state index in [2.05, 4.69) is 36.3 Å². The molecule has 1 aromatic rings. The lowest BCUT2D eigenvalue weighted by atomic mass is 9.85. The van der Waals surface area contributed by atoms with Crippen LogP contribution in [-0.2, 0) is 11.3 Å². The fraction of sp³-hybridized carbons (Fsp3) is 0.706. The third-order valence-electron chi connectivity index (χ3n) is 4.21. The van der Waals surface area contributed by atoms with E-state index in [9.17, 15) is 0 Å². The Morgan fingerprint density at radius 3 is 2.95 bits per heavy atom. The van der Waals surface area contributed by atoms with E-state index in [1.165, 1.54) is 37.7 Å². The molecule has 0 amide bonds. The minimum atomic E-state index is 0.453. The lowest BCUT2D eigenvalue weighted by Gasteiger charge is -2.30. The molecule has 2 rings (SSSR count). The minimum absolute atomic E-state index is 0.453. The van der Waals surface area contributed by atoms with Gasteiger partial charge in [-0.05, 0) is 42.9 Å². The molecule has 0 aromatic carbocycles. The van der Waals surface area contributed by atoms with Gasteiger partial charge in [-0.1, -0.05) is 33.1 Å². The van der Waals surface area contributed by atoms with E-state index in [0.29, 0.717) is 12.7 Å². The van der Waals surface area contributed by atoms with Gasteiger partial charge >= 0.3 is 0 Å². The Bertz CT molecular complexity index is 394. The third-order valence-corrected chi connectivity index (χ3v) is 4.21. The van der Waals surface area contributed by atoms with Crippen LogP contribution in [0.15, 0.2) is 18.3 Å². The van der Waals surface area contributed by atoms with Crippen molar-refractivity contribution in [3.63, 3.8) is 0 Å². The van der Waals surface area contributed by atoms with E-state index < -0.39 is 0 Å². The van der Waals surface area contributed by atoms with Gasteiger partial charge in [0.15, 0.2) is 0 Å². The molecule has 1 N–H and O–H groups in total. The molecule has 1 heterocycles. The zero-order valence-corrected chi connectivity index (χ0v) is 12.9. The van der Waals surface area contributed by atoms with Crippen molar-refractivity contribution < 1.29 is 4.74 Å². The summed E-state index contributed by atoms with van der Waals surface area (Å²) in [5.41, 5.74) is 1.22. The second-order valence-corrected chi connectivity index (χ2v) is 5.78. The van der Waals surface area contributed by atoms with E-state index in [1.54, 1.807) is 0 Å². The van der Waals surface area contributed by atoms with Crippen molar-refractivity contribution in [3.8, 4) is 0 Å². The molecular formula is C17H28N2O. The lowest BCUT2D eigenvalue weighted by molar-refractivity contribution is -0.0221. The highest BCUT2D eigenvalue weighted by Crippen LogP contribution is 2.29. The Balaban J connectivity index is 1.86. The molecule has 2 atom stereocenters. The smallest absolute Gasteiger partial charge is 0.126 e. The first-order chi connectivity index (χ1) is 9.83. The summed E-state index contributed by atoms with van der Waals surface area (Å²) < 4.78 is 6.18. The number of nitrogens with one attached hydrogen (secondary N) is 1. The van der Waals surface area contributed by atoms with Gasteiger partial charge in [0.2, 0.25) is 0 Å². The zero-order chi connectivity index (χ0) is 14.2. The Hall–Kier alpha value is -1.09. The van der Waals surface area contributed by atoms with Crippen LogP contribution in [0.25, 0.3) is 0 Å². The summed E-state index contributed by atoms with van der Waals surface area (Å²) in [7, 11) is 0. The summed E-state index contributed by atoms with van der Waals surface area (Å²) in [4.78, 5) is 4.34. The van der Waals surface area contributed by atoms with E-state index in [4.69, 9.17) is 4.74 Å². The van der Waals surface area contributed by atoms with Crippen LogP contribution >= 0.6 is 0 Å². The Labute approximate surface area is 123 Å². The summed E-state index contributed by atoms with van der Waals surface area (Å²) in [6, 6.07) is 4.17. The third kappa shape index (κ3) is 4.48. The molecule has 2 unspecified atom stereocenters. The van der Waals surface area contributed by atoms with Crippen molar-refractivity contribution in [1.82, 2.24) is 4.98 Å². The molecule has 112 valence electrons. The summed E-state index contributed by atoms with van der Waals surface area (Å²) in [5, 5.41) is 3.33. The van der Waals surface area contributed by atoms with Crippen LogP contribution < -0.4 is 5.32 Å². The van der Waals surface area contributed by atoms with E-state index in [0.717, 1.165) is 24.7 Å². The maximum absolute atomic E-state index is 6.18. The van der Waals surface area contributed by atoms with Crippen molar-refractivity contribution in [1.29, 1.82) is 0 Å². The molecule has 1 aliphatic rings. The first-order valence-corrected chi connectivity index (χ1v) is 8.13. The largest absolute Gasteiger partial charge is 0.373 e. The minimum Gasteiger partial charge on any atom is -0.373 e. The van der Waals surface area contributed by atoms with Crippen molar-refractivity contribution in [3.05, 3.63) is 23.9 Å². The standard InChI is InChI=1S/C17H28N2O/c1-3-10-18-17-12-14(9-11-19-17)13-20-16-8-6-5-7-15(16)4-2/h9,11-12,15-16H,3-8,10,13H2,1-2H3,(H,18,19). The highest BCUT2D eigenvalue weighted by atomic mass is 16.5. The number of hydrogen-bond donors (Lipinski definition) is 1. The van der Waals surface area contributed by atoms with Gasteiger partial charge in [0.05, 0.1) is 12.7 Å². The molecule has 1 aliphatic carbocycles. The van der Waals surface area contributed by atoms with Gasteiger partial charge in [0.25, 0.3) is 0 Å². The molecule has 20 heavy (non-hydrogen) atoms. The molecule has 0 saturated heterocycles. The molecule has 0 spiro atoms. The maximum atomic E-state index is 6.18. The van der Waals surface area contributed by atoms with Gasteiger partial charge in [-0.15, -0.1) is 0 Å². The number of rotatable bonds is 7. The molecule has 1 fully saturated rings. The van der Waals surface area contributed by atoms with E-state index in [1.807, 2.05) is 6.20 Å². The van der Waals surface area contributed by atoms with Crippen molar-refractivity contribution >= 4 is 5.82 Å². The fourth-order valence-corrected chi connectivity index (χ4v) is 2.98. The molecule has 3 heteroatoms. The van der Waals surface area contributed by atoms with E-state index >= 15 is 0 Å². The van der Waals surface area contributed by atoms with Crippen molar-refractivity contribution in [2.45, 2.75) is 65.1 Å². The van der Waals surface area contributed by atoms with Crippen molar-refractivity contribution in [2.75, 3.05) is 11.9 Å². The highest BCUT2D eigenvalue weighted by molar-refractivity contribution is 5.37. The molecule has 3 nitrogen and oxygen atoms in total. The molecule has 0 radical (unpaired) electrons. The highest BCUT2D eigenvalue weighted by Gasteiger charge is 2.24. The normalized spacial score (nSPS) is 22.7. The number of aromatic nitrogens is 1. The van der Waals surface area contributed by atoms with Gasteiger partial charge < -0.3 is 10.1 Å². The van der Waals surface area contributed by atoms with Crippen LogP contribution in [0.2, 0.25) is 0 Å². The summed E-state index contributed by atoms with van der Waals surface area (Å²) in [5.74, 6) is 1.71. The zero-order valence-electron chi connectivity index (χ0n) is 12.9. The SMILES string of the molecule is CCCNc1cc(COC2CCCCC2CC)ccn1. The maximum Gasteiger partial charge on any atom is 0.126 e. The summed E-state index contributed by atoms with van der Waals surface area (Å²) in [6.45, 7) is 6.13. The van der Waals surface area contributed by atoms with Crippen LogP contribution in [-0.4, -0.2) is 17.6 Å². The number of pyridine rings is 1. The van der Waals surface area contributed by atoms with Gasteiger partial charge in [0.1, 0.15) is 5.82 Å². The van der Waals surface area contributed by atoms with Gasteiger partial charge in [-0.2, -0.15) is 0 Å². The summed E-state index contributed by atoms with van der Waals surface area (Å²) in [6.07, 6.45) is 9.93. The van der Waals surface area contributed by atoms with Crippen molar-refractivity contribution in [2.24, 2.45) is 5.92 Å². The van der Waals surface area contributed by atoms with Gasteiger partial charge in [0, 0.05) is 12.7 Å². The average Bonchev–Trinajstić information content (AvgIpc) is 2.51. The number of nitrogens with zero attached hydrogens (tertiary/aromatic N) is 1. The molecule has 0 aliphatic heterocycles. The molecule has 1 aromatic heterocycles. The fourth-order valence-electron chi connectivity index (χ4n) is 2.98. The second-order valence-electron chi connectivity index (χ2n) is 5.78. The topological polar surface area (TPSA) is 34.1 Å². The predicted molar refractivity (Wildman–Crippen MR) is 83.8 cm³/mol. The van der Waals surface area contributed by atoms with Gasteiger partial charge in [-0.25, -0.2) is 4.98 Å². The number of hydrogen-bond acceptors (Lipinski definition) is 3. The van der Waals surface area contributed by atoms with Crippen LogP contribution in [0, 0.1) is 5.92 Å². The van der Waals surface area contributed by atoms with Crippen LogP contribution in [0.5, 0.6) is 0 Å². The quantitative estimate of drug-likeness (QED) is 0.802. The van der Waals surface area contributed by atoms with Crippen LogP contribution in [0.1, 0.15) is 57.9 Å². The van der Waals surface area contributed by atoms with Crippen LogP contribution in [0.4, 0.5) is 5.82 Å². The second kappa shape index (κ2) is 8.25. The molecular weight excluding hydrogens is 248 g/mol. The van der Waals surface area contributed by atoms with Gasteiger partial charge in [-0.3, -0.25) is 0 Å². The Morgan fingerprint density at radius 2 is 2.15 bits per heavy atom. The molecule has 0 bridgehead atoms. The van der Waals surface area contributed by atoms with E-state index in [-0.39, 0.29) is 0 Å². The molecule has 1 saturated carbocycles. The first-order valence-electron chi connectivity index (χ1n) is 8.13. The number of anilines is 1. The first kappa shape index (κ1) is 15.3. The average molecular weight is 276 g/mol. The Morgan fingerprint density at radius 1 is 1.30 bits per heavy atom. The Kier molecular flexibility index (Phi) is 6.31. The number of ether oxygens (including phenoxy) is 1. The monoisotopic (exact) mass is 276 g/mol.